The molecule has 0 aliphatic rings. The van der Waals surface area contributed by atoms with Gasteiger partial charge in [-0.15, -0.1) is 0 Å². The van der Waals surface area contributed by atoms with E-state index >= 15 is 0 Å². The number of aliphatic hydroxyl groups excluding tert-OH is 1. The quantitative estimate of drug-likeness (QED) is 0.394. The Morgan fingerprint density at radius 2 is 1.78 bits per heavy atom. The van der Waals surface area contributed by atoms with E-state index in [1.54, 1.807) is 25.1 Å². The highest BCUT2D eigenvalue weighted by atomic mass is 32.2. The molecule has 2 N–H and O–H groups in total. The summed E-state index contributed by atoms with van der Waals surface area (Å²) in [7, 11) is -4.25. The zero-order valence-electron chi connectivity index (χ0n) is 14.3. The fourth-order valence-electron chi connectivity index (χ4n) is 2.30. The number of ether oxygens (including phenoxy) is 1. The maximum absolute atomic E-state index is 12.6. The largest absolute Gasteiger partial charge is 0.465 e. The predicted molar refractivity (Wildman–Crippen MR) is 95.2 cm³/mol. The molecule has 2 unspecified atom stereocenters. The minimum absolute atomic E-state index is 0.00387. The van der Waals surface area contributed by atoms with Crippen LogP contribution in [0.25, 0.3) is 0 Å². The molecule has 2 atom stereocenters. The number of esters is 1. The molecular formula is C17H18N2O7S. The zero-order valence-corrected chi connectivity index (χ0v) is 15.1. The molecule has 0 aromatic heterocycles. The van der Waals surface area contributed by atoms with Gasteiger partial charge in [0.25, 0.3) is 5.69 Å². The minimum atomic E-state index is -4.25. The highest BCUT2D eigenvalue weighted by molar-refractivity contribution is 7.89. The second kappa shape index (κ2) is 8.71. The van der Waals surface area contributed by atoms with Crippen LogP contribution in [-0.2, 0) is 19.6 Å². The Labute approximate surface area is 155 Å². The summed E-state index contributed by atoms with van der Waals surface area (Å²) in [6.07, 6.45) is -1.49. The molecule has 0 radical (unpaired) electrons. The van der Waals surface area contributed by atoms with Crippen LogP contribution in [0.2, 0.25) is 0 Å². The van der Waals surface area contributed by atoms with Gasteiger partial charge in [0.15, 0.2) is 0 Å². The molecule has 2 rings (SSSR count). The molecule has 0 heterocycles. The van der Waals surface area contributed by atoms with E-state index in [9.17, 15) is 28.4 Å². The molecule has 2 aromatic rings. The van der Waals surface area contributed by atoms with E-state index < -0.39 is 33.1 Å². The van der Waals surface area contributed by atoms with Crippen molar-refractivity contribution in [1.82, 2.24) is 4.72 Å². The summed E-state index contributed by atoms with van der Waals surface area (Å²) in [6.45, 7) is 1.55. The minimum Gasteiger partial charge on any atom is -0.465 e. The van der Waals surface area contributed by atoms with E-state index in [4.69, 9.17) is 4.74 Å². The standard InChI is InChI=1S/C17H18N2O7S/c1-2-26-17(21)15(16(20)12-6-4-3-5-7-12)18-27(24,25)14-10-8-13(9-11-14)19(22)23/h3-11,15-16,18,20H,2H2,1H3. The van der Waals surface area contributed by atoms with Crippen LogP contribution < -0.4 is 4.72 Å². The second-order valence-electron chi connectivity index (χ2n) is 5.46. The maximum atomic E-state index is 12.6. The maximum Gasteiger partial charge on any atom is 0.327 e. The van der Waals surface area contributed by atoms with Crippen molar-refractivity contribution in [2.75, 3.05) is 6.61 Å². The third-order valence-electron chi connectivity index (χ3n) is 3.64. The first-order valence-corrected chi connectivity index (χ1v) is 9.41. The summed E-state index contributed by atoms with van der Waals surface area (Å²) in [4.78, 5) is 22.0. The highest BCUT2D eigenvalue weighted by Gasteiger charge is 2.34. The van der Waals surface area contributed by atoms with Crippen molar-refractivity contribution in [2.45, 2.75) is 24.0 Å². The lowest BCUT2D eigenvalue weighted by atomic mass is 10.0. The number of nitrogens with one attached hydrogen (secondary N) is 1. The number of carbonyl (C=O) groups is 1. The molecular weight excluding hydrogens is 376 g/mol. The van der Waals surface area contributed by atoms with Crippen LogP contribution in [-0.4, -0.2) is 37.1 Å². The molecule has 0 saturated heterocycles. The van der Waals surface area contributed by atoms with Crippen molar-refractivity contribution in [3.8, 4) is 0 Å². The highest BCUT2D eigenvalue weighted by Crippen LogP contribution is 2.21. The van der Waals surface area contributed by atoms with E-state index in [0.29, 0.717) is 5.56 Å². The summed E-state index contributed by atoms with van der Waals surface area (Å²) in [5.41, 5.74) is 0.0437. The van der Waals surface area contributed by atoms with Crippen molar-refractivity contribution in [3.63, 3.8) is 0 Å². The molecule has 144 valence electrons. The third-order valence-corrected chi connectivity index (χ3v) is 5.09. The predicted octanol–water partition coefficient (Wildman–Crippen LogP) is 1.54. The van der Waals surface area contributed by atoms with Crippen LogP contribution in [0.1, 0.15) is 18.6 Å². The van der Waals surface area contributed by atoms with Crippen LogP contribution in [0.4, 0.5) is 5.69 Å². The Bertz CT molecular complexity index is 899. The number of sulfonamides is 1. The Morgan fingerprint density at radius 3 is 2.30 bits per heavy atom. The molecule has 10 heteroatoms. The summed E-state index contributed by atoms with van der Waals surface area (Å²) in [5.74, 6) is -0.945. The van der Waals surface area contributed by atoms with Gasteiger partial charge in [-0.25, -0.2) is 8.42 Å². The number of rotatable bonds is 8. The van der Waals surface area contributed by atoms with Gasteiger partial charge in [0.2, 0.25) is 10.0 Å². The van der Waals surface area contributed by atoms with Crippen LogP contribution in [0.15, 0.2) is 59.5 Å². The monoisotopic (exact) mass is 394 g/mol. The van der Waals surface area contributed by atoms with Gasteiger partial charge in [-0.2, -0.15) is 4.72 Å². The smallest absolute Gasteiger partial charge is 0.327 e. The van der Waals surface area contributed by atoms with Gasteiger partial charge in [0, 0.05) is 12.1 Å². The first kappa shape index (κ1) is 20.5. The average molecular weight is 394 g/mol. The summed E-state index contributed by atoms with van der Waals surface area (Å²) >= 11 is 0. The summed E-state index contributed by atoms with van der Waals surface area (Å²) in [6, 6.07) is 10.6. The van der Waals surface area contributed by atoms with Crippen molar-refractivity contribution in [1.29, 1.82) is 0 Å². The molecule has 0 aliphatic carbocycles. The number of hydrogen-bond acceptors (Lipinski definition) is 7. The van der Waals surface area contributed by atoms with Gasteiger partial charge in [-0.1, -0.05) is 30.3 Å². The number of nitro groups is 1. The Balaban J connectivity index is 2.32. The van der Waals surface area contributed by atoms with E-state index in [2.05, 4.69) is 4.72 Å². The van der Waals surface area contributed by atoms with Gasteiger partial charge in [0.1, 0.15) is 12.1 Å². The number of carbonyl (C=O) groups excluding carboxylic acids is 1. The van der Waals surface area contributed by atoms with Gasteiger partial charge in [0.05, 0.1) is 16.4 Å². The fourth-order valence-corrected chi connectivity index (χ4v) is 3.49. The first-order valence-electron chi connectivity index (χ1n) is 7.92. The van der Waals surface area contributed by atoms with Gasteiger partial charge < -0.3 is 9.84 Å². The van der Waals surface area contributed by atoms with Gasteiger partial charge in [-0.3, -0.25) is 14.9 Å². The first-order chi connectivity index (χ1) is 12.8. The number of nitrogens with zero attached hydrogens (tertiary/aromatic N) is 1. The molecule has 0 amide bonds. The van der Waals surface area contributed by atoms with Crippen LogP contribution >= 0.6 is 0 Å². The SMILES string of the molecule is CCOC(=O)C(NS(=O)(=O)c1ccc([N+](=O)[O-])cc1)C(O)c1ccccc1. The Hall–Kier alpha value is -2.82. The third kappa shape index (κ3) is 5.09. The summed E-state index contributed by atoms with van der Waals surface area (Å²) < 4.78 is 32.1. The number of nitro benzene ring substituents is 1. The van der Waals surface area contributed by atoms with Crippen molar-refractivity contribution in [2.24, 2.45) is 0 Å². The fraction of sp³-hybridized carbons (Fsp3) is 0.235. The molecule has 0 fully saturated rings. The van der Waals surface area contributed by atoms with E-state index in [1.807, 2.05) is 0 Å². The Kier molecular flexibility index (Phi) is 6.61. The topological polar surface area (TPSA) is 136 Å². The lowest BCUT2D eigenvalue weighted by molar-refractivity contribution is -0.384. The second-order valence-corrected chi connectivity index (χ2v) is 7.17. The van der Waals surface area contributed by atoms with Crippen molar-refractivity contribution in [3.05, 3.63) is 70.3 Å². The number of hydrogen-bond donors (Lipinski definition) is 2. The molecule has 2 aromatic carbocycles. The van der Waals surface area contributed by atoms with Crippen LogP contribution in [0.5, 0.6) is 0 Å². The lowest BCUT2D eigenvalue weighted by Crippen LogP contribution is -2.45. The van der Waals surface area contributed by atoms with Crippen molar-refractivity contribution < 1.29 is 28.0 Å². The molecule has 0 spiro atoms. The molecule has 9 nitrogen and oxygen atoms in total. The Morgan fingerprint density at radius 1 is 1.19 bits per heavy atom. The van der Waals surface area contributed by atoms with E-state index in [0.717, 1.165) is 24.3 Å². The number of non-ortho nitro benzene ring substituents is 1. The molecule has 27 heavy (non-hydrogen) atoms. The zero-order chi connectivity index (χ0) is 20.0. The molecule has 0 bridgehead atoms. The normalized spacial score (nSPS) is 13.6. The molecule has 0 aliphatic heterocycles. The van der Waals surface area contributed by atoms with Crippen LogP contribution in [0, 0.1) is 10.1 Å². The van der Waals surface area contributed by atoms with Gasteiger partial charge in [-0.05, 0) is 24.6 Å². The van der Waals surface area contributed by atoms with Gasteiger partial charge >= 0.3 is 5.97 Å². The lowest BCUT2D eigenvalue weighted by Gasteiger charge is -2.22. The summed E-state index contributed by atoms with van der Waals surface area (Å²) in [5, 5.41) is 21.2. The number of aliphatic hydroxyl groups is 1. The average Bonchev–Trinajstić information content (AvgIpc) is 2.66. The van der Waals surface area contributed by atoms with Crippen molar-refractivity contribution >= 4 is 21.7 Å². The molecule has 0 saturated carbocycles. The number of benzene rings is 2. The van der Waals surface area contributed by atoms with Crippen LogP contribution in [0.3, 0.4) is 0 Å². The van der Waals surface area contributed by atoms with E-state index in [-0.39, 0.29) is 17.2 Å². The van der Waals surface area contributed by atoms with E-state index in [1.165, 1.54) is 12.1 Å².